The highest BCUT2D eigenvalue weighted by atomic mass is 32.1. The molecule has 0 bridgehead atoms. The van der Waals surface area contributed by atoms with E-state index in [2.05, 4.69) is 55.1 Å². The molecule has 1 aromatic carbocycles. The van der Waals surface area contributed by atoms with E-state index in [1.54, 1.807) is 6.33 Å². The Labute approximate surface area is 190 Å². The Morgan fingerprint density at radius 2 is 1.90 bits per heavy atom. The van der Waals surface area contributed by atoms with Gasteiger partial charge < -0.3 is 10.1 Å². The zero-order valence-electron chi connectivity index (χ0n) is 19.3. The summed E-state index contributed by atoms with van der Waals surface area (Å²) < 4.78 is 5.88. The molecular formula is C26H35N3OS. The van der Waals surface area contributed by atoms with Crippen LogP contribution in [0.25, 0.3) is 10.2 Å². The first kappa shape index (κ1) is 22.1. The number of nitrogens with zero attached hydrogens (tertiary/aromatic N) is 2. The Morgan fingerprint density at radius 3 is 2.65 bits per heavy atom. The molecule has 3 aromatic rings. The van der Waals surface area contributed by atoms with Gasteiger partial charge in [0, 0.05) is 10.6 Å². The van der Waals surface area contributed by atoms with Gasteiger partial charge in [0.05, 0.1) is 12.0 Å². The Morgan fingerprint density at radius 1 is 1.10 bits per heavy atom. The van der Waals surface area contributed by atoms with Crippen molar-refractivity contribution in [2.24, 2.45) is 11.3 Å². The molecule has 1 aliphatic rings. The molecule has 1 N–H and O–H groups in total. The van der Waals surface area contributed by atoms with E-state index >= 15 is 0 Å². The second-order valence-corrected chi connectivity index (χ2v) is 10.9. The van der Waals surface area contributed by atoms with Crippen molar-refractivity contribution in [3.8, 4) is 5.75 Å². The average Bonchev–Trinajstić information content (AvgIpc) is 3.13. The third-order valence-electron chi connectivity index (χ3n) is 6.45. The third-order valence-corrected chi connectivity index (χ3v) is 7.62. The Bertz CT molecular complexity index is 1000. The summed E-state index contributed by atoms with van der Waals surface area (Å²) in [6.45, 7) is 10.1. The van der Waals surface area contributed by atoms with Crippen molar-refractivity contribution < 1.29 is 4.74 Å². The standard InChI is InChI=1S/C26H35N3OS/c1-5-6-7-8-15-30-20-12-10-19(11-13-20)29-24-23-21-14-9-18(26(2,3)4)16-22(21)31-25(23)28-17-27-24/h10-13,17-18H,5-9,14-16H2,1-4H3,(H,27,28,29). The molecule has 31 heavy (non-hydrogen) atoms. The summed E-state index contributed by atoms with van der Waals surface area (Å²) >= 11 is 1.85. The number of benzene rings is 1. The second kappa shape index (κ2) is 9.56. The first-order valence-corrected chi connectivity index (χ1v) is 12.5. The number of anilines is 2. The van der Waals surface area contributed by atoms with Gasteiger partial charge in [-0.25, -0.2) is 9.97 Å². The van der Waals surface area contributed by atoms with Gasteiger partial charge in [-0.15, -0.1) is 11.3 Å². The van der Waals surface area contributed by atoms with Crippen LogP contribution in [-0.2, 0) is 12.8 Å². The number of unbranched alkanes of at least 4 members (excludes halogenated alkanes) is 3. The van der Waals surface area contributed by atoms with E-state index in [-0.39, 0.29) is 0 Å². The highest BCUT2D eigenvalue weighted by molar-refractivity contribution is 7.19. The van der Waals surface area contributed by atoms with Crippen molar-refractivity contribution in [3.05, 3.63) is 41.0 Å². The van der Waals surface area contributed by atoms with Crippen LogP contribution in [0.1, 0.15) is 70.2 Å². The molecule has 0 spiro atoms. The molecule has 2 aromatic heterocycles. The molecule has 4 rings (SSSR count). The van der Waals surface area contributed by atoms with Gasteiger partial charge in [0.1, 0.15) is 22.7 Å². The minimum Gasteiger partial charge on any atom is -0.494 e. The van der Waals surface area contributed by atoms with Gasteiger partial charge in [-0.2, -0.15) is 0 Å². The zero-order valence-corrected chi connectivity index (χ0v) is 20.1. The largest absolute Gasteiger partial charge is 0.494 e. The first-order chi connectivity index (χ1) is 15.0. The van der Waals surface area contributed by atoms with E-state index in [9.17, 15) is 0 Å². The van der Waals surface area contributed by atoms with Gasteiger partial charge in [0.2, 0.25) is 0 Å². The minimum atomic E-state index is 0.348. The number of rotatable bonds is 8. The molecule has 1 unspecified atom stereocenters. The van der Waals surface area contributed by atoms with E-state index < -0.39 is 0 Å². The van der Waals surface area contributed by atoms with E-state index in [1.807, 2.05) is 23.5 Å². The first-order valence-electron chi connectivity index (χ1n) is 11.7. The van der Waals surface area contributed by atoms with E-state index in [4.69, 9.17) is 4.74 Å². The smallest absolute Gasteiger partial charge is 0.142 e. The van der Waals surface area contributed by atoms with Crippen molar-refractivity contribution in [3.63, 3.8) is 0 Å². The molecule has 0 amide bonds. The quantitative estimate of drug-likeness (QED) is 0.370. The lowest BCUT2D eigenvalue weighted by Crippen LogP contribution is -2.26. The minimum absolute atomic E-state index is 0.348. The third kappa shape index (κ3) is 5.20. The van der Waals surface area contributed by atoms with Crippen LogP contribution in [0.15, 0.2) is 30.6 Å². The highest BCUT2D eigenvalue weighted by Crippen LogP contribution is 2.44. The van der Waals surface area contributed by atoms with Crippen LogP contribution in [0.5, 0.6) is 5.75 Å². The monoisotopic (exact) mass is 437 g/mol. The molecule has 1 atom stereocenters. The van der Waals surface area contributed by atoms with Crippen LogP contribution in [0.4, 0.5) is 11.5 Å². The number of aryl methyl sites for hydroxylation is 1. The number of thiophene rings is 1. The lowest BCUT2D eigenvalue weighted by atomic mass is 9.72. The zero-order chi connectivity index (χ0) is 21.8. The van der Waals surface area contributed by atoms with Gasteiger partial charge in [-0.05, 0) is 66.8 Å². The molecule has 2 heterocycles. The van der Waals surface area contributed by atoms with Crippen LogP contribution in [0, 0.1) is 11.3 Å². The Kier molecular flexibility index (Phi) is 6.80. The van der Waals surface area contributed by atoms with E-state index in [0.29, 0.717) is 5.41 Å². The van der Waals surface area contributed by atoms with Crippen LogP contribution in [-0.4, -0.2) is 16.6 Å². The second-order valence-electron chi connectivity index (χ2n) is 9.77. The normalized spacial score (nSPS) is 16.3. The molecule has 0 saturated carbocycles. The molecule has 0 radical (unpaired) electrons. The van der Waals surface area contributed by atoms with Gasteiger partial charge in [-0.3, -0.25) is 0 Å². The summed E-state index contributed by atoms with van der Waals surface area (Å²) in [7, 11) is 0. The summed E-state index contributed by atoms with van der Waals surface area (Å²) in [5, 5.41) is 4.75. The highest BCUT2D eigenvalue weighted by Gasteiger charge is 2.31. The number of fused-ring (bicyclic) bond motifs is 3. The van der Waals surface area contributed by atoms with Crippen molar-refractivity contribution in [1.82, 2.24) is 9.97 Å². The summed E-state index contributed by atoms with van der Waals surface area (Å²) in [5.41, 5.74) is 2.83. The van der Waals surface area contributed by atoms with Crippen LogP contribution >= 0.6 is 11.3 Å². The van der Waals surface area contributed by atoms with Gasteiger partial charge in [-0.1, -0.05) is 47.0 Å². The number of hydrogen-bond donors (Lipinski definition) is 1. The molecule has 166 valence electrons. The van der Waals surface area contributed by atoms with Gasteiger partial charge in [0.25, 0.3) is 0 Å². The van der Waals surface area contributed by atoms with Gasteiger partial charge in [0.15, 0.2) is 0 Å². The topological polar surface area (TPSA) is 47.0 Å². The summed E-state index contributed by atoms with van der Waals surface area (Å²) in [6.07, 6.45) is 10.1. The maximum absolute atomic E-state index is 5.88. The SMILES string of the molecule is CCCCCCOc1ccc(Nc2ncnc3sc4c(c23)CCC(C(C)(C)C)C4)cc1. The Balaban J connectivity index is 1.47. The predicted molar refractivity (Wildman–Crippen MR) is 132 cm³/mol. The predicted octanol–water partition coefficient (Wildman–Crippen LogP) is 7.55. The van der Waals surface area contributed by atoms with Crippen LogP contribution in [0.2, 0.25) is 0 Å². The summed E-state index contributed by atoms with van der Waals surface area (Å²) in [4.78, 5) is 11.8. The molecule has 1 aliphatic carbocycles. The molecule has 4 nitrogen and oxygen atoms in total. The van der Waals surface area contributed by atoms with Crippen LogP contribution < -0.4 is 10.1 Å². The number of nitrogens with one attached hydrogen (secondary N) is 1. The lowest BCUT2D eigenvalue weighted by Gasteiger charge is -2.33. The summed E-state index contributed by atoms with van der Waals surface area (Å²) in [5.74, 6) is 2.58. The molecule has 0 saturated heterocycles. The maximum Gasteiger partial charge on any atom is 0.142 e. The lowest BCUT2D eigenvalue weighted by molar-refractivity contribution is 0.218. The fraction of sp³-hybridized carbons (Fsp3) is 0.538. The molecule has 5 heteroatoms. The molecule has 0 aliphatic heterocycles. The van der Waals surface area contributed by atoms with Crippen molar-refractivity contribution in [2.45, 2.75) is 72.6 Å². The molecule has 0 fully saturated rings. The van der Waals surface area contributed by atoms with Crippen molar-refractivity contribution in [1.29, 1.82) is 0 Å². The van der Waals surface area contributed by atoms with E-state index in [1.165, 1.54) is 41.5 Å². The average molecular weight is 438 g/mol. The van der Waals surface area contributed by atoms with Crippen molar-refractivity contribution >= 4 is 33.1 Å². The fourth-order valence-corrected chi connectivity index (χ4v) is 5.70. The Hall–Kier alpha value is -2.14. The van der Waals surface area contributed by atoms with Gasteiger partial charge >= 0.3 is 0 Å². The fourth-order valence-electron chi connectivity index (χ4n) is 4.43. The number of hydrogen-bond acceptors (Lipinski definition) is 5. The van der Waals surface area contributed by atoms with Crippen molar-refractivity contribution in [2.75, 3.05) is 11.9 Å². The maximum atomic E-state index is 5.88. The van der Waals surface area contributed by atoms with E-state index in [0.717, 1.165) is 53.9 Å². The number of aromatic nitrogens is 2. The summed E-state index contributed by atoms with van der Waals surface area (Å²) in [6, 6.07) is 8.22. The van der Waals surface area contributed by atoms with Crippen LogP contribution in [0.3, 0.4) is 0 Å². The number of ether oxygens (including phenoxy) is 1. The molecular weight excluding hydrogens is 402 g/mol.